The molecule has 6 heteroatoms. The molecule has 82 valence electrons. The van der Waals surface area contributed by atoms with Crippen LogP contribution in [-0.2, 0) is 4.74 Å². The van der Waals surface area contributed by atoms with Crippen LogP contribution in [0.15, 0.2) is 6.20 Å². The lowest BCUT2D eigenvalue weighted by molar-refractivity contribution is 0.0427. The van der Waals surface area contributed by atoms with Crippen molar-refractivity contribution < 1.29 is 4.74 Å². The van der Waals surface area contributed by atoms with Gasteiger partial charge in [-0.2, -0.15) is 4.98 Å². The van der Waals surface area contributed by atoms with Gasteiger partial charge in [-0.25, -0.2) is 4.98 Å². The van der Waals surface area contributed by atoms with Crippen LogP contribution in [-0.4, -0.2) is 35.8 Å². The number of hydrogen-bond acceptors (Lipinski definition) is 4. The molecule has 2 heterocycles. The van der Waals surface area contributed by atoms with Crippen molar-refractivity contribution in [2.24, 2.45) is 0 Å². The molecule has 0 bridgehead atoms. The average molecular weight is 248 g/mol. The second-order valence-corrected chi connectivity index (χ2v) is 4.04. The fraction of sp³-hybridized carbons (Fsp3) is 0.556. The maximum absolute atomic E-state index is 5.96. The lowest BCUT2D eigenvalue weighted by Crippen LogP contribution is -2.52. The summed E-state index contributed by atoms with van der Waals surface area (Å²) in [6, 6.07) is 0. The molecule has 1 aromatic heterocycles. The molecule has 2 rings (SSSR count). The van der Waals surface area contributed by atoms with E-state index in [0.717, 1.165) is 19.7 Å². The highest BCUT2D eigenvalue weighted by Gasteiger charge is 2.29. The molecule has 0 spiro atoms. The van der Waals surface area contributed by atoms with Crippen molar-refractivity contribution in [1.29, 1.82) is 0 Å². The molecule has 1 saturated heterocycles. The van der Waals surface area contributed by atoms with Gasteiger partial charge in [0.2, 0.25) is 5.28 Å². The monoisotopic (exact) mass is 247 g/mol. The van der Waals surface area contributed by atoms with E-state index in [1.807, 2.05) is 11.8 Å². The molecule has 4 nitrogen and oxygen atoms in total. The molecule has 0 saturated carbocycles. The summed E-state index contributed by atoms with van der Waals surface area (Å²) in [4.78, 5) is 9.91. The number of anilines is 1. The molecule has 0 unspecified atom stereocenters. The molecule has 0 aliphatic carbocycles. The predicted molar refractivity (Wildman–Crippen MR) is 59.7 cm³/mol. The highest BCUT2D eigenvalue weighted by molar-refractivity contribution is 6.33. The fourth-order valence-corrected chi connectivity index (χ4v) is 1.85. The minimum absolute atomic E-state index is 0.217. The van der Waals surface area contributed by atoms with Gasteiger partial charge in [0.1, 0.15) is 5.02 Å². The van der Waals surface area contributed by atoms with Crippen molar-refractivity contribution in [3.05, 3.63) is 16.5 Å². The first kappa shape index (κ1) is 10.9. The van der Waals surface area contributed by atoms with Crippen molar-refractivity contribution >= 4 is 29.0 Å². The molecule has 0 aromatic carbocycles. The lowest BCUT2D eigenvalue weighted by Gasteiger charge is -2.39. The summed E-state index contributed by atoms with van der Waals surface area (Å²) in [7, 11) is 0. The Morgan fingerprint density at radius 1 is 1.53 bits per heavy atom. The zero-order valence-electron chi connectivity index (χ0n) is 8.28. The zero-order valence-corrected chi connectivity index (χ0v) is 9.79. The first-order valence-electron chi connectivity index (χ1n) is 4.75. The second-order valence-electron chi connectivity index (χ2n) is 3.29. The average Bonchev–Trinajstić information content (AvgIpc) is 2.15. The molecule has 1 aromatic rings. The summed E-state index contributed by atoms with van der Waals surface area (Å²) in [5.41, 5.74) is 0. The normalized spacial score (nSPS) is 16.6. The van der Waals surface area contributed by atoms with E-state index < -0.39 is 0 Å². The summed E-state index contributed by atoms with van der Waals surface area (Å²) >= 11 is 11.7. The van der Waals surface area contributed by atoms with Crippen LogP contribution in [0, 0.1) is 0 Å². The molecule has 1 aliphatic heterocycles. The molecule has 1 fully saturated rings. The van der Waals surface area contributed by atoms with E-state index in [4.69, 9.17) is 27.9 Å². The van der Waals surface area contributed by atoms with Crippen LogP contribution in [0.3, 0.4) is 0 Å². The first-order chi connectivity index (χ1) is 7.20. The van der Waals surface area contributed by atoms with E-state index in [1.165, 1.54) is 6.20 Å². The van der Waals surface area contributed by atoms with E-state index >= 15 is 0 Å². The zero-order chi connectivity index (χ0) is 10.8. The molecule has 1 aliphatic rings. The maximum Gasteiger partial charge on any atom is 0.224 e. The summed E-state index contributed by atoms with van der Waals surface area (Å²) in [6.07, 6.45) is 1.79. The number of aromatic nitrogens is 2. The van der Waals surface area contributed by atoms with Crippen molar-refractivity contribution in [2.75, 3.05) is 24.6 Å². The highest BCUT2D eigenvalue weighted by atomic mass is 35.5. The van der Waals surface area contributed by atoms with Gasteiger partial charge >= 0.3 is 0 Å². The van der Waals surface area contributed by atoms with Crippen molar-refractivity contribution in [1.82, 2.24) is 9.97 Å². The third kappa shape index (κ3) is 2.33. The molecule has 0 N–H and O–H groups in total. The summed E-state index contributed by atoms with van der Waals surface area (Å²) in [5.74, 6) is 0.688. The standard InChI is InChI=1S/C9H11Cl2N3O/c1-2-15-6-4-14(5-6)8-7(10)3-12-9(11)13-8/h3,6H,2,4-5H2,1H3. The topological polar surface area (TPSA) is 38.2 Å². The van der Waals surface area contributed by atoms with E-state index in [-0.39, 0.29) is 11.4 Å². The SMILES string of the molecule is CCOC1CN(c2nc(Cl)ncc2Cl)C1. The van der Waals surface area contributed by atoms with Gasteiger partial charge < -0.3 is 9.64 Å². The molecule has 0 amide bonds. The second kappa shape index (κ2) is 4.51. The van der Waals surface area contributed by atoms with E-state index in [0.29, 0.717) is 10.8 Å². The minimum atomic E-state index is 0.217. The lowest BCUT2D eigenvalue weighted by atomic mass is 10.1. The first-order valence-corrected chi connectivity index (χ1v) is 5.51. The van der Waals surface area contributed by atoms with Gasteiger partial charge in [0.25, 0.3) is 0 Å². The Morgan fingerprint density at radius 2 is 2.27 bits per heavy atom. The van der Waals surface area contributed by atoms with E-state index in [2.05, 4.69) is 9.97 Å². The Kier molecular flexibility index (Phi) is 3.29. The Bertz CT molecular complexity index is 355. The van der Waals surface area contributed by atoms with Crippen LogP contribution in [0.2, 0.25) is 10.3 Å². The van der Waals surface area contributed by atoms with Crippen molar-refractivity contribution in [3.8, 4) is 0 Å². The summed E-state index contributed by atoms with van der Waals surface area (Å²) in [6.45, 7) is 4.33. The third-order valence-electron chi connectivity index (χ3n) is 2.25. The Labute approximate surface area is 98.2 Å². The van der Waals surface area contributed by atoms with Crippen LogP contribution in [0.5, 0.6) is 0 Å². The quantitative estimate of drug-likeness (QED) is 0.767. The predicted octanol–water partition coefficient (Wildman–Crippen LogP) is 2.01. The largest absolute Gasteiger partial charge is 0.375 e. The van der Waals surface area contributed by atoms with Crippen LogP contribution < -0.4 is 4.90 Å². The van der Waals surface area contributed by atoms with Crippen molar-refractivity contribution in [2.45, 2.75) is 13.0 Å². The van der Waals surface area contributed by atoms with Gasteiger partial charge in [-0.1, -0.05) is 11.6 Å². The van der Waals surface area contributed by atoms with Gasteiger partial charge in [-0.3, -0.25) is 0 Å². The molecule has 15 heavy (non-hydrogen) atoms. The molecular weight excluding hydrogens is 237 g/mol. The number of halogens is 2. The number of rotatable bonds is 3. The maximum atomic E-state index is 5.96. The van der Waals surface area contributed by atoms with Crippen LogP contribution >= 0.6 is 23.2 Å². The highest BCUT2D eigenvalue weighted by Crippen LogP contribution is 2.28. The summed E-state index contributed by atoms with van der Waals surface area (Å²) in [5, 5.41) is 0.739. The Balaban J connectivity index is 2.03. The van der Waals surface area contributed by atoms with Gasteiger partial charge in [0.05, 0.1) is 12.3 Å². The van der Waals surface area contributed by atoms with Crippen LogP contribution in [0.1, 0.15) is 6.92 Å². The van der Waals surface area contributed by atoms with Gasteiger partial charge in [-0.05, 0) is 18.5 Å². The Morgan fingerprint density at radius 3 is 2.93 bits per heavy atom. The number of hydrogen-bond donors (Lipinski definition) is 0. The number of nitrogens with zero attached hydrogens (tertiary/aromatic N) is 3. The van der Waals surface area contributed by atoms with Crippen LogP contribution in [0.25, 0.3) is 0 Å². The molecular formula is C9H11Cl2N3O. The van der Waals surface area contributed by atoms with E-state index in [1.54, 1.807) is 0 Å². The van der Waals surface area contributed by atoms with Crippen molar-refractivity contribution in [3.63, 3.8) is 0 Å². The number of ether oxygens (including phenoxy) is 1. The Hall–Kier alpha value is -0.580. The third-order valence-corrected chi connectivity index (χ3v) is 2.69. The van der Waals surface area contributed by atoms with Gasteiger partial charge in [0, 0.05) is 19.7 Å². The summed E-state index contributed by atoms with van der Waals surface area (Å²) < 4.78 is 5.44. The molecule has 0 radical (unpaired) electrons. The van der Waals surface area contributed by atoms with Crippen LogP contribution in [0.4, 0.5) is 5.82 Å². The smallest absolute Gasteiger partial charge is 0.224 e. The molecule has 0 atom stereocenters. The van der Waals surface area contributed by atoms with E-state index in [9.17, 15) is 0 Å². The minimum Gasteiger partial charge on any atom is -0.375 e. The van der Waals surface area contributed by atoms with Gasteiger partial charge in [0.15, 0.2) is 5.82 Å². The van der Waals surface area contributed by atoms with Gasteiger partial charge in [-0.15, -0.1) is 0 Å². The fourth-order valence-electron chi connectivity index (χ4n) is 1.51.